The molecule has 0 atom stereocenters. The highest BCUT2D eigenvalue weighted by Crippen LogP contribution is 2.19. The summed E-state index contributed by atoms with van der Waals surface area (Å²) in [7, 11) is 2.14. The zero-order valence-electron chi connectivity index (χ0n) is 9.77. The van der Waals surface area contributed by atoms with Gasteiger partial charge in [0.15, 0.2) is 5.82 Å². The summed E-state index contributed by atoms with van der Waals surface area (Å²) in [5, 5.41) is 3.83. The number of piperidine rings is 1. The lowest BCUT2D eigenvalue weighted by molar-refractivity contribution is 0.0972. The third-order valence-electron chi connectivity index (χ3n) is 3.08. The van der Waals surface area contributed by atoms with Crippen LogP contribution in [0.3, 0.4) is 0 Å². The third-order valence-corrected chi connectivity index (χ3v) is 3.08. The van der Waals surface area contributed by atoms with Gasteiger partial charge in [-0.1, -0.05) is 5.16 Å². The van der Waals surface area contributed by atoms with Gasteiger partial charge in [-0.05, 0) is 38.9 Å². The second-order valence-electron chi connectivity index (χ2n) is 4.52. The predicted molar refractivity (Wildman–Crippen MR) is 58.2 cm³/mol. The summed E-state index contributed by atoms with van der Waals surface area (Å²) in [5.74, 6) is 1.25. The summed E-state index contributed by atoms with van der Waals surface area (Å²) >= 11 is 0. The molecule has 5 nitrogen and oxygen atoms in total. The van der Waals surface area contributed by atoms with Gasteiger partial charge in [0.25, 0.3) is 5.89 Å². The first-order valence-corrected chi connectivity index (χ1v) is 5.67. The molecule has 16 heavy (non-hydrogen) atoms. The van der Waals surface area contributed by atoms with Crippen LogP contribution < -0.4 is 0 Å². The van der Waals surface area contributed by atoms with Crippen LogP contribution in [0.1, 0.15) is 36.3 Å². The maximum absolute atomic E-state index is 11.0. The third kappa shape index (κ3) is 2.66. The van der Waals surface area contributed by atoms with Gasteiger partial charge in [-0.15, -0.1) is 0 Å². The Hall–Kier alpha value is -1.23. The molecule has 0 N–H and O–H groups in total. The van der Waals surface area contributed by atoms with E-state index >= 15 is 0 Å². The SMILES string of the molecule is CC(=O)c1nc(CC2CCN(C)CC2)no1. The molecule has 0 amide bonds. The van der Waals surface area contributed by atoms with E-state index in [4.69, 9.17) is 4.52 Å². The Morgan fingerprint density at radius 3 is 2.75 bits per heavy atom. The van der Waals surface area contributed by atoms with Crippen LogP contribution in [0.15, 0.2) is 4.52 Å². The van der Waals surface area contributed by atoms with Crippen molar-refractivity contribution in [2.24, 2.45) is 5.92 Å². The van der Waals surface area contributed by atoms with Gasteiger partial charge < -0.3 is 9.42 Å². The summed E-state index contributed by atoms with van der Waals surface area (Å²) in [6, 6.07) is 0. The van der Waals surface area contributed by atoms with E-state index in [1.54, 1.807) is 0 Å². The summed E-state index contributed by atoms with van der Waals surface area (Å²) in [6.45, 7) is 3.69. The quantitative estimate of drug-likeness (QED) is 0.719. The maximum atomic E-state index is 11.0. The maximum Gasteiger partial charge on any atom is 0.293 e. The Balaban J connectivity index is 1.91. The van der Waals surface area contributed by atoms with Gasteiger partial charge in [0.05, 0.1) is 0 Å². The first-order chi connectivity index (χ1) is 7.65. The largest absolute Gasteiger partial charge is 0.331 e. The zero-order valence-corrected chi connectivity index (χ0v) is 9.77. The van der Waals surface area contributed by atoms with Crippen molar-refractivity contribution in [2.75, 3.05) is 20.1 Å². The first kappa shape index (κ1) is 11.3. The molecule has 1 saturated heterocycles. The van der Waals surface area contributed by atoms with Gasteiger partial charge in [0.2, 0.25) is 5.78 Å². The fraction of sp³-hybridized carbons (Fsp3) is 0.727. The van der Waals surface area contributed by atoms with Gasteiger partial charge in [0.1, 0.15) is 0 Å². The summed E-state index contributed by atoms with van der Waals surface area (Å²) < 4.78 is 4.87. The number of rotatable bonds is 3. The van der Waals surface area contributed by atoms with Crippen molar-refractivity contribution in [1.29, 1.82) is 0 Å². The van der Waals surface area contributed by atoms with Crippen molar-refractivity contribution in [1.82, 2.24) is 15.0 Å². The van der Waals surface area contributed by atoms with Crippen molar-refractivity contribution >= 4 is 5.78 Å². The van der Waals surface area contributed by atoms with Gasteiger partial charge >= 0.3 is 0 Å². The highest BCUT2D eigenvalue weighted by Gasteiger charge is 2.20. The first-order valence-electron chi connectivity index (χ1n) is 5.67. The Kier molecular flexibility index (Phi) is 3.33. The zero-order chi connectivity index (χ0) is 11.5. The average molecular weight is 223 g/mol. The molecule has 0 saturated carbocycles. The molecule has 88 valence electrons. The molecule has 1 aromatic rings. The number of carbonyl (C=O) groups is 1. The molecule has 1 aliphatic rings. The number of aromatic nitrogens is 2. The fourth-order valence-corrected chi connectivity index (χ4v) is 2.00. The van der Waals surface area contributed by atoms with Crippen LogP contribution in [0.4, 0.5) is 0 Å². The number of hydrogen-bond acceptors (Lipinski definition) is 5. The highest BCUT2D eigenvalue weighted by molar-refractivity contribution is 5.89. The molecule has 0 spiro atoms. The molecular formula is C11H17N3O2. The molecule has 1 aromatic heterocycles. The van der Waals surface area contributed by atoms with Gasteiger partial charge in [-0.3, -0.25) is 4.79 Å². The molecule has 1 aliphatic heterocycles. The van der Waals surface area contributed by atoms with E-state index < -0.39 is 0 Å². The standard InChI is InChI=1S/C11H17N3O2/c1-8(15)11-12-10(13-16-11)7-9-3-5-14(2)6-4-9/h9H,3-7H2,1-2H3. The van der Waals surface area contributed by atoms with Crippen LogP contribution >= 0.6 is 0 Å². The molecule has 0 bridgehead atoms. The molecule has 0 aliphatic carbocycles. The summed E-state index contributed by atoms with van der Waals surface area (Å²) in [4.78, 5) is 17.4. The number of carbonyl (C=O) groups excluding carboxylic acids is 1. The second-order valence-corrected chi connectivity index (χ2v) is 4.52. The van der Waals surface area contributed by atoms with E-state index in [-0.39, 0.29) is 11.7 Å². The minimum atomic E-state index is -0.165. The predicted octanol–water partition coefficient (Wildman–Crippen LogP) is 1.16. The molecule has 0 radical (unpaired) electrons. The van der Waals surface area contributed by atoms with Crippen LogP contribution in [0.2, 0.25) is 0 Å². The monoisotopic (exact) mass is 223 g/mol. The molecule has 1 fully saturated rings. The summed E-state index contributed by atoms with van der Waals surface area (Å²) in [5.41, 5.74) is 0. The fourth-order valence-electron chi connectivity index (χ4n) is 2.00. The van der Waals surface area contributed by atoms with Gasteiger partial charge in [-0.25, -0.2) is 0 Å². The Morgan fingerprint density at radius 1 is 1.50 bits per heavy atom. The van der Waals surface area contributed by atoms with E-state index in [2.05, 4.69) is 22.1 Å². The highest BCUT2D eigenvalue weighted by atomic mass is 16.5. The summed E-state index contributed by atoms with van der Waals surface area (Å²) in [6.07, 6.45) is 3.16. The Morgan fingerprint density at radius 2 is 2.19 bits per heavy atom. The molecular weight excluding hydrogens is 206 g/mol. The normalized spacial score (nSPS) is 18.9. The topological polar surface area (TPSA) is 59.2 Å². The van der Waals surface area contributed by atoms with E-state index in [0.717, 1.165) is 19.5 Å². The number of hydrogen-bond donors (Lipinski definition) is 0. The van der Waals surface area contributed by atoms with Crippen LogP contribution in [0.5, 0.6) is 0 Å². The number of nitrogens with zero attached hydrogens (tertiary/aromatic N) is 3. The van der Waals surface area contributed by atoms with Crippen LogP contribution in [-0.2, 0) is 6.42 Å². The van der Waals surface area contributed by atoms with Crippen molar-refractivity contribution in [3.05, 3.63) is 11.7 Å². The van der Waals surface area contributed by atoms with Crippen molar-refractivity contribution < 1.29 is 9.32 Å². The molecule has 5 heteroatoms. The smallest absolute Gasteiger partial charge is 0.293 e. The number of Topliss-reactive ketones (excluding diaryl/α,β-unsaturated/α-hetero) is 1. The van der Waals surface area contributed by atoms with Crippen molar-refractivity contribution in [3.8, 4) is 0 Å². The minimum absolute atomic E-state index is 0.128. The molecule has 0 unspecified atom stereocenters. The van der Waals surface area contributed by atoms with E-state index in [1.807, 2.05) is 0 Å². The molecule has 0 aromatic carbocycles. The second kappa shape index (κ2) is 4.74. The lowest BCUT2D eigenvalue weighted by Gasteiger charge is -2.27. The van der Waals surface area contributed by atoms with E-state index in [9.17, 15) is 4.79 Å². The van der Waals surface area contributed by atoms with Crippen LogP contribution in [-0.4, -0.2) is 41.0 Å². The van der Waals surface area contributed by atoms with Gasteiger partial charge in [-0.2, -0.15) is 4.98 Å². The number of ketones is 1. The average Bonchev–Trinajstić information content (AvgIpc) is 2.70. The van der Waals surface area contributed by atoms with Crippen molar-refractivity contribution in [3.63, 3.8) is 0 Å². The van der Waals surface area contributed by atoms with E-state index in [0.29, 0.717) is 11.7 Å². The minimum Gasteiger partial charge on any atom is -0.331 e. The Labute approximate surface area is 94.8 Å². The molecule has 2 heterocycles. The van der Waals surface area contributed by atoms with Crippen LogP contribution in [0.25, 0.3) is 0 Å². The lowest BCUT2D eigenvalue weighted by atomic mass is 9.94. The number of likely N-dealkylation sites (tertiary alicyclic amines) is 1. The van der Waals surface area contributed by atoms with Crippen LogP contribution in [0, 0.1) is 5.92 Å². The lowest BCUT2D eigenvalue weighted by Crippen LogP contribution is -2.31. The van der Waals surface area contributed by atoms with E-state index in [1.165, 1.54) is 19.8 Å². The Bertz CT molecular complexity index is 367. The molecule has 2 rings (SSSR count). The van der Waals surface area contributed by atoms with Gasteiger partial charge in [0, 0.05) is 13.3 Å². The van der Waals surface area contributed by atoms with Crippen molar-refractivity contribution in [2.45, 2.75) is 26.2 Å².